The first-order valence-corrected chi connectivity index (χ1v) is 5.54. The van der Waals surface area contributed by atoms with E-state index in [1.54, 1.807) is 6.92 Å². The molecule has 68 valence electrons. The fourth-order valence-electron chi connectivity index (χ4n) is 1.63. The maximum absolute atomic E-state index is 11.2. The zero-order chi connectivity index (χ0) is 9.30. The third-order valence-corrected chi connectivity index (χ3v) is 3.12. The van der Waals surface area contributed by atoms with Gasteiger partial charge < -0.3 is 4.74 Å². The molecule has 0 bridgehead atoms. The van der Waals surface area contributed by atoms with E-state index < -0.39 is 0 Å². The van der Waals surface area contributed by atoms with Crippen molar-refractivity contribution >= 4 is 28.4 Å². The molecule has 1 aliphatic rings. The number of ketones is 1. The van der Waals surface area contributed by atoms with E-state index in [2.05, 4.69) is 29.5 Å². The van der Waals surface area contributed by atoms with Crippen LogP contribution in [0, 0.1) is 5.92 Å². The number of carbonyl (C=O) groups excluding carboxylic acids is 1. The molecule has 1 aliphatic heterocycles. The molecule has 0 fully saturated rings. The fourth-order valence-corrected chi connectivity index (χ4v) is 2.58. The Morgan fingerprint density at radius 3 is 2.50 bits per heavy atom. The Kier molecular flexibility index (Phi) is 3.15. The van der Waals surface area contributed by atoms with Gasteiger partial charge in [0, 0.05) is 15.9 Å². The number of carbonyl (C=O) groups is 1. The van der Waals surface area contributed by atoms with Crippen LogP contribution >= 0.6 is 22.6 Å². The van der Waals surface area contributed by atoms with Crippen molar-refractivity contribution in [3.05, 3.63) is 11.3 Å². The lowest BCUT2D eigenvalue weighted by atomic mass is 9.95. The second-order valence-corrected chi connectivity index (χ2v) is 4.01. The molecule has 3 heteroatoms. The molecular weight excluding hydrogens is 267 g/mol. The van der Waals surface area contributed by atoms with Gasteiger partial charge in [0.1, 0.15) is 11.9 Å². The summed E-state index contributed by atoms with van der Waals surface area (Å²) >= 11 is 2.29. The number of alkyl halides is 1. The zero-order valence-electron chi connectivity index (χ0n) is 7.56. The van der Waals surface area contributed by atoms with Crippen LogP contribution in [0.2, 0.25) is 0 Å². The van der Waals surface area contributed by atoms with Gasteiger partial charge >= 0.3 is 0 Å². The van der Waals surface area contributed by atoms with Crippen molar-refractivity contribution in [2.45, 2.75) is 26.9 Å². The number of Topliss-reactive ketones (excluding diaryl/α,β-unsaturated/α-hetero) is 1. The summed E-state index contributed by atoms with van der Waals surface area (Å²) in [4.78, 5) is 11.2. The molecule has 1 heterocycles. The summed E-state index contributed by atoms with van der Waals surface area (Å²) in [5.41, 5.74) is 0.872. The summed E-state index contributed by atoms with van der Waals surface area (Å²) in [6.07, 6.45) is 0.199. The highest BCUT2D eigenvalue weighted by atomic mass is 127. The van der Waals surface area contributed by atoms with Crippen LogP contribution in [-0.2, 0) is 9.53 Å². The van der Waals surface area contributed by atoms with Gasteiger partial charge in [-0.15, -0.1) is 0 Å². The van der Waals surface area contributed by atoms with Gasteiger partial charge in [-0.2, -0.15) is 0 Å². The number of hydrogen-bond donors (Lipinski definition) is 0. The Morgan fingerprint density at radius 2 is 2.25 bits per heavy atom. The molecule has 2 nitrogen and oxygen atoms in total. The molecule has 0 aliphatic carbocycles. The number of allylic oxidation sites excluding steroid dienone is 1. The Morgan fingerprint density at radius 1 is 1.67 bits per heavy atom. The molecular formula is C9H13IO2. The molecule has 2 atom stereocenters. The highest BCUT2D eigenvalue weighted by molar-refractivity contribution is 14.1. The van der Waals surface area contributed by atoms with Crippen LogP contribution in [0.4, 0.5) is 0 Å². The third-order valence-electron chi connectivity index (χ3n) is 2.25. The number of ether oxygens (including phenoxy) is 1. The molecule has 0 saturated carbocycles. The summed E-state index contributed by atoms with van der Waals surface area (Å²) in [5.74, 6) is 1.23. The first kappa shape index (κ1) is 10.0. The smallest absolute Gasteiger partial charge is 0.159 e. The maximum Gasteiger partial charge on any atom is 0.159 e. The molecule has 0 aromatic carbocycles. The van der Waals surface area contributed by atoms with Crippen LogP contribution in [0.15, 0.2) is 11.3 Å². The van der Waals surface area contributed by atoms with Crippen LogP contribution in [0.25, 0.3) is 0 Å². The SMILES string of the molecule is CC(=O)C1=C(C)O[C@H](CI)[C@@H]1C. The van der Waals surface area contributed by atoms with Crippen LogP contribution in [0.3, 0.4) is 0 Å². The van der Waals surface area contributed by atoms with E-state index in [1.807, 2.05) is 6.92 Å². The number of halogens is 1. The van der Waals surface area contributed by atoms with Crippen LogP contribution in [-0.4, -0.2) is 16.3 Å². The van der Waals surface area contributed by atoms with E-state index in [0.29, 0.717) is 0 Å². The van der Waals surface area contributed by atoms with Gasteiger partial charge in [0.25, 0.3) is 0 Å². The Balaban J connectivity index is 2.85. The minimum atomic E-state index is 0.146. The highest BCUT2D eigenvalue weighted by Crippen LogP contribution is 2.32. The standard InChI is InChI=1S/C9H13IO2/c1-5-8(4-10)12-7(3)9(5)6(2)11/h5,8H,4H2,1-3H3/t5-,8+/m0/s1. The van der Waals surface area contributed by atoms with Gasteiger partial charge in [-0.05, 0) is 13.8 Å². The van der Waals surface area contributed by atoms with Crippen molar-refractivity contribution in [2.75, 3.05) is 4.43 Å². The monoisotopic (exact) mass is 280 g/mol. The fraction of sp³-hybridized carbons (Fsp3) is 0.667. The Bertz CT molecular complexity index is 233. The molecule has 0 spiro atoms. The van der Waals surface area contributed by atoms with Crippen LogP contribution < -0.4 is 0 Å². The summed E-state index contributed by atoms with van der Waals surface area (Å²) in [7, 11) is 0. The second-order valence-electron chi connectivity index (χ2n) is 3.13. The summed E-state index contributed by atoms with van der Waals surface area (Å²) in [6, 6.07) is 0. The molecule has 0 saturated heterocycles. The van der Waals surface area contributed by atoms with Crippen molar-refractivity contribution in [1.29, 1.82) is 0 Å². The van der Waals surface area contributed by atoms with E-state index in [1.165, 1.54) is 0 Å². The third kappa shape index (κ3) is 1.65. The van der Waals surface area contributed by atoms with Crippen molar-refractivity contribution < 1.29 is 9.53 Å². The first-order valence-electron chi connectivity index (χ1n) is 4.02. The zero-order valence-corrected chi connectivity index (χ0v) is 9.71. The van der Waals surface area contributed by atoms with Crippen molar-refractivity contribution in [2.24, 2.45) is 5.92 Å². The maximum atomic E-state index is 11.2. The molecule has 0 radical (unpaired) electrons. The largest absolute Gasteiger partial charge is 0.493 e. The van der Waals surface area contributed by atoms with Gasteiger partial charge in [-0.1, -0.05) is 29.5 Å². The molecule has 0 aromatic rings. The molecule has 0 N–H and O–H groups in total. The summed E-state index contributed by atoms with van der Waals surface area (Å²) in [5, 5.41) is 0. The highest BCUT2D eigenvalue weighted by Gasteiger charge is 2.32. The lowest BCUT2D eigenvalue weighted by Gasteiger charge is -2.12. The normalized spacial score (nSPS) is 29.0. The Labute approximate surface area is 86.5 Å². The molecule has 0 aromatic heterocycles. The minimum absolute atomic E-state index is 0.146. The minimum Gasteiger partial charge on any atom is -0.493 e. The van der Waals surface area contributed by atoms with Crippen molar-refractivity contribution in [1.82, 2.24) is 0 Å². The van der Waals surface area contributed by atoms with Gasteiger partial charge in [-0.25, -0.2) is 0 Å². The molecule has 0 amide bonds. The van der Waals surface area contributed by atoms with E-state index in [0.717, 1.165) is 15.8 Å². The summed E-state index contributed by atoms with van der Waals surface area (Å²) in [6.45, 7) is 5.53. The van der Waals surface area contributed by atoms with Crippen molar-refractivity contribution in [3.63, 3.8) is 0 Å². The van der Waals surface area contributed by atoms with E-state index in [-0.39, 0.29) is 17.8 Å². The molecule has 12 heavy (non-hydrogen) atoms. The molecule has 1 rings (SSSR count). The lowest BCUT2D eigenvalue weighted by Crippen LogP contribution is -2.19. The number of rotatable bonds is 2. The van der Waals surface area contributed by atoms with E-state index in [4.69, 9.17) is 4.74 Å². The van der Waals surface area contributed by atoms with E-state index >= 15 is 0 Å². The predicted octanol–water partition coefficient (Wildman–Crippen LogP) is 2.32. The van der Waals surface area contributed by atoms with E-state index in [9.17, 15) is 4.79 Å². The average Bonchev–Trinajstić information content (AvgIpc) is 2.25. The van der Waals surface area contributed by atoms with Gasteiger partial charge in [0.05, 0.1) is 0 Å². The first-order chi connectivity index (χ1) is 5.57. The lowest BCUT2D eigenvalue weighted by molar-refractivity contribution is -0.114. The van der Waals surface area contributed by atoms with Crippen LogP contribution in [0.5, 0.6) is 0 Å². The second kappa shape index (κ2) is 3.77. The molecule has 0 unspecified atom stereocenters. The van der Waals surface area contributed by atoms with Crippen LogP contribution in [0.1, 0.15) is 20.8 Å². The average molecular weight is 280 g/mol. The predicted molar refractivity (Wildman–Crippen MR) is 56.3 cm³/mol. The Hall–Kier alpha value is -0.0600. The topological polar surface area (TPSA) is 26.3 Å². The summed E-state index contributed by atoms with van der Waals surface area (Å²) < 4.78 is 6.49. The number of hydrogen-bond acceptors (Lipinski definition) is 2. The van der Waals surface area contributed by atoms with Crippen molar-refractivity contribution in [3.8, 4) is 0 Å². The van der Waals surface area contributed by atoms with Gasteiger partial charge in [0.2, 0.25) is 0 Å². The van der Waals surface area contributed by atoms with Gasteiger partial charge in [-0.3, -0.25) is 4.79 Å². The van der Waals surface area contributed by atoms with Gasteiger partial charge in [0.15, 0.2) is 5.78 Å². The quantitative estimate of drug-likeness (QED) is 0.573.